The molecule has 0 atom stereocenters. The van der Waals surface area contributed by atoms with Crippen molar-refractivity contribution >= 4 is 17.1 Å². The summed E-state index contributed by atoms with van der Waals surface area (Å²) in [6.45, 7) is 0. The topological polar surface area (TPSA) is 56.7 Å². The van der Waals surface area contributed by atoms with Crippen LogP contribution in [0.2, 0.25) is 0 Å². The molecule has 12 aromatic rings. The normalized spacial score (nSPS) is 11.1. The van der Waals surface area contributed by atoms with E-state index < -0.39 is 0 Å². The summed E-state index contributed by atoms with van der Waals surface area (Å²) in [6, 6.07) is 94.9. The van der Waals surface area contributed by atoms with Crippen LogP contribution < -0.4 is 4.90 Å². The molecule has 9 aromatic carbocycles. The number of benzene rings is 9. The van der Waals surface area contributed by atoms with Crippen LogP contribution in [-0.4, -0.2) is 29.3 Å². The average molecular weight is 900 g/mol. The number of rotatable bonds is 12. The van der Waals surface area contributed by atoms with Gasteiger partial charge in [0, 0.05) is 50.4 Å². The summed E-state index contributed by atoms with van der Waals surface area (Å²) in [4.78, 5) is 2.29. The highest BCUT2D eigenvalue weighted by Gasteiger charge is 2.20. The summed E-state index contributed by atoms with van der Waals surface area (Å²) >= 11 is 0. The lowest BCUT2D eigenvalue weighted by atomic mass is 10.1. The van der Waals surface area contributed by atoms with E-state index >= 15 is 0 Å². The number of hydrogen-bond acceptors (Lipinski definition) is 4. The van der Waals surface area contributed by atoms with Crippen molar-refractivity contribution in [2.24, 2.45) is 0 Å². The highest BCUT2D eigenvalue weighted by Crippen LogP contribution is 2.39. The zero-order valence-electron chi connectivity index (χ0n) is 38.1. The molecule has 332 valence electrons. The molecule has 7 nitrogen and oxygen atoms in total. The monoisotopic (exact) mass is 899 g/mol. The first kappa shape index (κ1) is 41.8. The second-order valence-corrected chi connectivity index (χ2v) is 17.1. The van der Waals surface area contributed by atoms with Gasteiger partial charge in [-0.3, -0.25) is 0 Å². The molecule has 0 unspecified atom stereocenters. The minimum atomic E-state index is 0.914. The molecule has 3 heterocycles. The molecule has 0 spiro atoms. The van der Waals surface area contributed by atoms with Gasteiger partial charge in [-0.1, -0.05) is 182 Å². The van der Waals surface area contributed by atoms with Crippen LogP contribution in [-0.2, 0) is 0 Å². The van der Waals surface area contributed by atoms with Crippen LogP contribution in [0.4, 0.5) is 17.1 Å². The van der Waals surface area contributed by atoms with E-state index in [1.54, 1.807) is 0 Å². The van der Waals surface area contributed by atoms with Gasteiger partial charge < -0.3 is 4.90 Å². The van der Waals surface area contributed by atoms with Gasteiger partial charge in [-0.15, -0.1) is 0 Å². The lowest BCUT2D eigenvalue weighted by Gasteiger charge is -2.26. The Bertz CT molecular complexity index is 3250. The Balaban J connectivity index is 0.955. The molecule has 0 saturated heterocycles. The fourth-order valence-corrected chi connectivity index (χ4v) is 9.10. The lowest BCUT2D eigenvalue weighted by Crippen LogP contribution is -2.11. The molecule has 12 rings (SSSR count). The Labute approximate surface area is 407 Å². The predicted molar refractivity (Wildman–Crippen MR) is 285 cm³/mol. The maximum absolute atomic E-state index is 5.18. The fraction of sp³-hybridized carbons (Fsp3) is 0. The van der Waals surface area contributed by atoms with Crippen LogP contribution in [0.25, 0.3) is 84.6 Å². The van der Waals surface area contributed by atoms with Gasteiger partial charge in [0.1, 0.15) is 0 Å². The Morgan fingerprint density at radius 3 is 0.671 bits per heavy atom. The molecular weight excluding hydrogens is 855 g/mol. The van der Waals surface area contributed by atoms with E-state index in [9.17, 15) is 0 Å². The van der Waals surface area contributed by atoms with E-state index in [1.165, 1.54) is 0 Å². The number of hydrogen-bond donors (Lipinski definition) is 0. The number of anilines is 3. The molecule has 0 aliphatic heterocycles. The van der Waals surface area contributed by atoms with E-state index in [2.05, 4.69) is 241 Å². The molecule has 70 heavy (non-hydrogen) atoms. The number of aromatic nitrogens is 6. The van der Waals surface area contributed by atoms with Gasteiger partial charge in [0.2, 0.25) is 0 Å². The van der Waals surface area contributed by atoms with Crippen LogP contribution in [0.3, 0.4) is 0 Å². The summed E-state index contributed by atoms with van der Waals surface area (Å²) in [5.74, 6) is 0. The second-order valence-electron chi connectivity index (χ2n) is 17.1. The summed E-state index contributed by atoms with van der Waals surface area (Å²) in [5.41, 5.74) is 18.1. The first-order valence-electron chi connectivity index (χ1n) is 23.4. The van der Waals surface area contributed by atoms with E-state index in [-0.39, 0.29) is 0 Å². The Morgan fingerprint density at radius 2 is 0.443 bits per heavy atom. The lowest BCUT2D eigenvalue weighted by molar-refractivity contribution is 0.890. The van der Waals surface area contributed by atoms with Gasteiger partial charge in [0.15, 0.2) is 0 Å². The summed E-state index contributed by atoms with van der Waals surface area (Å²) in [6.07, 6.45) is 0. The van der Waals surface area contributed by atoms with E-state index in [0.717, 1.165) is 102 Å². The molecular formula is C63H45N7. The van der Waals surface area contributed by atoms with Crippen LogP contribution in [0.1, 0.15) is 0 Å². The third kappa shape index (κ3) is 8.29. The second kappa shape index (κ2) is 18.6. The molecule has 0 amide bonds. The predicted octanol–water partition coefficient (Wildman–Crippen LogP) is 15.7. The quantitative estimate of drug-likeness (QED) is 0.123. The smallest absolute Gasteiger partial charge is 0.0934 e. The van der Waals surface area contributed by atoms with Gasteiger partial charge in [-0.25, -0.2) is 14.0 Å². The zero-order valence-corrected chi connectivity index (χ0v) is 38.1. The van der Waals surface area contributed by atoms with E-state index in [4.69, 9.17) is 15.3 Å². The molecule has 0 saturated carbocycles. The van der Waals surface area contributed by atoms with Crippen molar-refractivity contribution in [3.8, 4) is 84.6 Å². The van der Waals surface area contributed by atoms with Crippen molar-refractivity contribution < 1.29 is 0 Å². The maximum Gasteiger partial charge on any atom is 0.0934 e. The molecule has 0 aliphatic carbocycles. The first-order chi connectivity index (χ1) is 34.7. The Morgan fingerprint density at radius 1 is 0.229 bits per heavy atom. The van der Waals surface area contributed by atoms with Crippen LogP contribution in [0.15, 0.2) is 273 Å². The fourth-order valence-electron chi connectivity index (χ4n) is 9.10. The largest absolute Gasteiger partial charge is 0.310 e. The standard InChI is InChI=1S/C63H45N7/c1-7-19-46(20-8-1)58-43-61(49-25-13-4-14-26-49)68(64-58)55-37-31-52(32-38-55)67(53-33-39-56(40-34-53)69-62(50-27-15-5-16-28-50)44-59(65-69)47-21-9-2-10-22-47)54-35-41-57(42-36-54)70-63(51-29-17-6-18-30-51)45-60(66-70)48-23-11-3-12-24-48/h1-45H. The van der Waals surface area contributed by atoms with Crippen molar-refractivity contribution in [3.63, 3.8) is 0 Å². The Kier molecular flexibility index (Phi) is 11.1. The van der Waals surface area contributed by atoms with E-state index in [0.29, 0.717) is 0 Å². The van der Waals surface area contributed by atoms with Crippen molar-refractivity contribution in [1.29, 1.82) is 0 Å². The molecule has 7 heteroatoms. The molecule has 0 radical (unpaired) electrons. The highest BCUT2D eigenvalue weighted by molar-refractivity contribution is 5.80. The van der Waals surface area contributed by atoms with Gasteiger partial charge in [-0.05, 0) is 91.0 Å². The molecule has 0 bridgehead atoms. The van der Waals surface area contributed by atoms with Crippen LogP contribution >= 0.6 is 0 Å². The van der Waals surface area contributed by atoms with Gasteiger partial charge in [0.25, 0.3) is 0 Å². The van der Waals surface area contributed by atoms with Crippen LogP contribution in [0.5, 0.6) is 0 Å². The third-order valence-electron chi connectivity index (χ3n) is 12.6. The van der Waals surface area contributed by atoms with Gasteiger partial charge in [-0.2, -0.15) is 15.3 Å². The minimum absolute atomic E-state index is 0.914. The molecule has 0 fully saturated rings. The minimum Gasteiger partial charge on any atom is -0.310 e. The zero-order chi connectivity index (χ0) is 46.6. The van der Waals surface area contributed by atoms with Crippen molar-refractivity contribution in [1.82, 2.24) is 29.3 Å². The molecule has 0 N–H and O–H groups in total. The summed E-state index contributed by atoms with van der Waals surface area (Å²) in [7, 11) is 0. The number of nitrogens with zero attached hydrogens (tertiary/aromatic N) is 7. The first-order valence-corrected chi connectivity index (χ1v) is 23.4. The SMILES string of the molecule is c1ccc(-c2cc(-c3ccccc3)n(-c3ccc(N(c4ccc(-n5nc(-c6ccccc6)cc5-c5ccccc5)cc4)c4ccc(-n5nc(-c6ccccc6)cc5-c5ccccc5)cc4)cc3)n2)cc1. The van der Waals surface area contributed by atoms with Crippen molar-refractivity contribution in [2.45, 2.75) is 0 Å². The average Bonchev–Trinajstić information content (AvgIpc) is 4.22. The van der Waals surface area contributed by atoms with Crippen molar-refractivity contribution in [2.75, 3.05) is 4.90 Å². The van der Waals surface area contributed by atoms with Crippen molar-refractivity contribution in [3.05, 3.63) is 273 Å². The van der Waals surface area contributed by atoms with Gasteiger partial charge >= 0.3 is 0 Å². The Hall–Kier alpha value is -9.59. The molecule has 3 aromatic heterocycles. The maximum atomic E-state index is 5.18. The van der Waals surface area contributed by atoms with E-state index in [1.807, 2.05) is 50.4 Å². The molecule has 0 aliphatic rings. The van der Waals surface area contributed by atoms with Crippen LogP contribution in [0, 0.1) is 0 Å². The van der Waals surface area contributed by atoms with Gasteiger partial charge in [0.05, 0.1) is 51.2 Å². The third-order valence-corrected chi connectivity index (χ3v) is 12.6. The summed E-state index contributed by atoms with van der Waals surface area (Å²) in [5, 5.41) is 15.5. The highest BCUT2D eigenvalue weighted by atomic mass is 15.3. The summed E-state index contributed by atoms with van der Waals surface area (Å²) < 4.78 is 6.14.